The van der Waals surface area contributed by atoms with Gasteiger partial charge in [0.15, 0.2) is 0 Å². The monoisotopic (exact) mass is 387 g/mol. The SMILES string of the molecule is Cc1ccccc1-n1nnnc1SCC(=O)NC(C)c1cccc(Cl)c1. The number of nitrogens with one attached hydrogen (secondary N) is 1. The maximum Gasteiger partial charge on any atom is 0.230 e. The molecule has 2 aromatic carbocycles. The largest absolute Gasteiger partial charge is 0.349 e. The second-order valence-electron chi connectivity index (χ2n) is 5.79. The van der Waals surface area contributed by atoms with Gasteiger partial charge in [0.05, 0.1) is 17.5 Å². The average Bonchev–Trinajstić information content (AvgIpc) is 3.08. The lowest BCUT2D eigenvalue weighted by Gasteiger charge is -2.14. The van der Waals surface area contributed by atoms with E-state index in [0.29, 0.717) is 10.2 Å². The van der Waals surface area contributed by atoms with Gasteiger partial charge < -0.3 is 5.32 Å². The van der Waals surface area contributed by atoms with Crippen molar-refractivity contribution in [1.82, 2.24) is 25.5 Å². The van der Waals surface area contributed by atoms with Crippen LogP contribution in [-0.4, -0.2) is 31.9 Å². The number of rotatable bonds is 6. The van der Waals surface area contributed by atoms with Gasteiger partial charge in [-0.15, -0.1) is 5.10 Å². The number of nitrogens with zero attached hydrogens (tertiary/aromatic N) is 4. The molecule has 0 saturated heterocycles. The predicted molar refractivity (Wildman–Crippen MR) is 103 cm³/mol. The number of carbonyl (C=O) groups excluding carboxylic acids is 1. The second kappa shape index (κ2) is 8.33. The zero-order chi connectivity index (χ0) is 18.5. The number of aryl methyl sites for hydroxylation is 1. The molecular weight excluding hydrogens is 370 g/mol. The summed E-state index contributed by atoms with van der Waals surface area (Å²) in [6.45, 7) is 3.91. The normalized spacial score (nSPS) is 12.0. The van der Waals surface area contributed by atoms with Gasteiger partial charge in [-0.1, -0.05) is 53.7 Å². The average molecular weight is 388 g/mol. The number of halogens is 1. The minimum atomic E-state index is -0.130. The van der Waals surface area contributed by atoms with Gasteiger partial charge in [0.1, 0.15) is 0 Å². The van der Waals surface area contributed by atoms with Crippen molar-refractivity contribution in [2.24, 2.45) is 0 Å². The molecule has 1 amide bonds. The van der Waals surface area contributed by atoms with Crippen molar-refractivity contribution in [2.75, 3.05) is 5.75 Å². The second-order valence-corrected chi connectivity index (χ2v) is 7.17. The summed E-state index contributed by atoms with van der Waals surface area (Å²) >= 11 is 7.30. The molecule has 1 heterocycles. The molecule has 0 saturated carbocycles. The third-order valence-corrected chi connectivity index (χ3v) is 5.00. The first kappa shape index (κ1) is 18.4. The molecule has 0 aliphatic carbocycles. The molecule has 8 heteroatoms. The van der Waals surface area contributed by atoms with E-state index < -0.39 is 0 Å². The van der Waals surface area contributed by atoms with E-state index in [-0.39, 0.29) is 17.7 Å². The zero-order valence-electron chi connectivity index (χ0n) is 14.4. The van der Waals surface area contributed by atoms with Gasteiger partial charge in [-0.2, -0.15) is 4.68 Å². The van der Waals surface area contributed by atoms with Crippen molar-refractivity contribution >= 4 is 29.3 Å². The Hall–Kier alpha value is -2.38. The van der Waals surface area contributed by atoms with Gasteiger partial charge in [-0.25, -0.2) is 0 Å². The summed E-state index contributed by atoms with van der Waals surface area (Å²) in [5.41, 5.74) is 2.91. The van der Waals surface area contributed by atoms with E-state index in [9.17, 15) is 4.79 Å². The van der Waals surface area contributed by atoms with E-state index in [1.807, 2.05) is 56.3 Å². The Balaban J connectivity index is 1.62. The standard InChI is InChI=1S/C18H18ClN5OS/c1-12-6-3-4-9-16(12)24-18(21-22-23-24)26-11-17(25)20-13(2)14-7-5-8-15(19)10-14/h3-10,13H,11H2,1-2H3,(H,20,25). The molecule has 1 atom stereocenters. The highest BCUT2D eigenvalue weighted by Gasteiger charge is 2.14. The molecule has 1 aromatic heterocycles. The Kier molecular flexibility index (Phi) is 5.90. The first-order valence-electron chi connectivity index (χ1n) is 8.06. The lowest BCUT2D eigenvalue weighted by Crippen LogP contribution is -2.28. The molecule has 1 N–H and O–H groups in total. The van der Waals surface area contributed by atoms with Gasteiger partial charge in [0.2, 0.25) is 11.1 Å². The highest BCUT2D eigenvalue weighted by atomic mass is 35.5. The molecular formula is C18H18ClN5OS. The Morgan fingerprint density at radius 1 is 1.27 bits per heavy atom. The van der Waals surface area contributed by atoms with Crippen molar-refractivity contribution < 1.29 is 4.79 Å². The molecule has 26 heavy (non-hydrogen) atoms. The zero-order valence-corrected chi connectivity index (χ0v) is 16.0. The van der Waals surface area contributed by atoms with Crippen LogP contribution in [0.15, 0.2) is 53.7 Å². The van der Waals surface area contributed by atoms with Crippen LogP contribution in [0, 0.1) is 6.92 Å². The number of hydrogen-bond donors (Lipinski definition) is 1. The summed E-state index contributed by atoms with van der Waals surface area (Å²) in [4.78, 5) is 12.3. The Morgan fingerprint density at radius 3 is 2.85 bits per heavy atom. The molecule has 6 nitrogen and oxygen atoms in total. The van der Waals surface area contributed by atoms with Crippen LogP contribution in [0.25, 0.3) is 5.69 Å². The molecule has 3 aromatic rings. The number of aromatic nitrogens is 4. The third kappa shape index (κ3) is 4.42. The summed E-state index contributed by atoms with van der Waals surface area (Å²) in [6, 6.07) is 15.1. The number of tetrazole rings is 1. The van der Waals surface area contributed by atoms with Crippen LogP contribution in [0.2, 0.25) is 5.02 Å². The highest BCUT2D eigenvalue weighted by Crippen LogP contribution is 2.21. The fourth-order valence-electron chi connectivity index (χ4n) is 2.49. The van der Waals surface area contributed by atoms with Crippen LogP contribution >= 0.6 is 23.4 Å². The smallest absolute Gasteiger partial charge is 0.230 e. The first-order chi connectivity index (χ1) is 12.5. The molecule has 3 rings (SSSR count). The minimum Gasteiger partial charge on any atom is -0.349 e. The summed E-state index contributed by atoms with van der Waals surface area (Å²) in [6.07, 6.45) is 0. The first-order valence-corrected chi connectivity index (χ1v) is 9.43. The third-order valence-electron chi connectivity index (χ3n) is 3.84. The van der Waals surface area contributed by atoms with E-state index in [1.165, 1.54) is 11.8 Å². The van der Waals surface area contributed by atoms with E-state index >= 15 is 0 Å². The van der Waals surface area contributed by atoms with Crippen molar-refractivity contribution in [2.45, 2.75) is 25.0 Å². The maximum atomic E-state index is 12.3. The fraction of sp³-hybridized carbons (Fsp3) is 0.222. The Labute approximate surface area is 160 Å². The van der Waals surface area contributed by atoms with Gasteiger partial charge in [-0.05, 0) is 53.6 Å². The summed E-state index contributed by atoms with van der Waals surface area (Å²) in [5.74, 6) is 0.124. The van der Waals surface area contributed by atoms with E-state index in [4.69, 9.17) is 11.6 Å². The Bertz CT molecular complexity index is 914. The van der Waals surface area contributed by atoms with Crippen LogP contribution in [0.3, 0.4) is 0 Å². The predicted octanol–water partition coefficient (Wildman–Crippen LogP) is 3.59. The van der Waals surface area contributed by atoms with Gasteiger partial charge in [0.25, 0.3) is 0 Å². The highest BCUT2D eigenvalue weighted by molar-refractivity contribution is 7.99. The topological polar surface area (TPSA) is 72.7 Å². The molecule has 0 spiro atoms. The van der Waals surface area contributed by atoms with Gasteiger partial charge in [-0.3, -0.25) is 4.79 Å². The number of hydrogen-bond acceptors (Lipinski definition) is 5. The van der Waals surface area contributed by atoms with Crippen LogP contribution in [0.5, 0.6) is 0 Å². The number of amides is 1. The van der Waals surface area contributed by atoms with E-state index in [0.717, 1.165) is 16.8 Å². The van der Waals surface area contributed by atoms with Crippen LogP contribution in [-0.2, 0) is 4.79 Å². The lowest BCUT2D eigenvalue weighted by molar-refractivity contribution is -0.119. The number of thioether (sulfide) groups is 1. The minimum absolute atomic E-state index is 0.0955. The Morgan fingerprint density at radius 2 is 2.08 bits per heavy atom. The number of para-hydroxylation sites is 1. The quantitative estimate of drug-likeness (QED) is 0.654. The molecule has 0 aliphatic rings. The molecule has 0 bridgehead atoms. The molecule has 1 unspecified atom stereocenters. The lowest BCUT2D eigenvalue weighted by atomic mass is 10.1. The van der Waals surface area contributed by atoms with Crippen LogP contribution in [0.1, 0.15) is 24.1 Å². The molecule has 0 aliphatic heterocycles. The molecule has 134 valence electrons. The van der Waals surface area contributed by atoms with Gasteiger partial charge >= 0.3 is 0 Å². The summed E-state index contributed by atoms with van der Waals surface area (Å²) in [7, 11) is 0. The van der Waals surface area contributed by atoms with Gasteiger partial charge in [0, 0.05) is 5.02 Å². The van der Waals surface area contributed by atoms with Crippen molar-refractivity contribution in [1.29, 1.82) is 0 Å². The fourth-order valence-corrected chi connectivity index (χ4v) is 3.39. The molecule has 0 fully saturated rings. The van der Waals surface area contributed by atoms with Crippen LogP contribution in [0.4, 0.5) is 0 Å². The molecule has 0 radical (unpaired) electrons. The number of carbonyl (C=O) groups is 1. The van der Waals surface area contributed by atoms with E-state index in [1.54, 1.807) is 10.7 Å². The van der Waals surface area contributed by atoms with Crippen molar-refractivity contribution in [3.63, 3.8) is 0 Å². The van der Waals surface area contributed by atoms with Crippen molar-refractivity contribution in [3.05, 3.63) is 64.7 Å². The summed E-state index contributed by atoms with van der Waals surface area (Å²) < 4.78 is 1.65. The number of benzene rings is 2. The maximum absolute atomic E-state index is 12.3. The summed E-state index contributed by atoms with van der Waals surface area (Å²) in [5, 5.41) is 16.0. The van der Waals surface area contributed by atoms with E-state index in [2.05, 4.69) is 20.8 Å². The van der Waals surface area contributed by atoms with Crippen molar-refractivity contribution in [3.8, 4) is 5.69 Å². The van der Waals surface area contributed by atoms with Crippen LogP contribution < -0.4 is 5.32 Å².